The Bertz CT molecular complexity index is 1060. The molecule has 0 aliphatic carbocycles. The molecule has 2 fully saturated rings. The molecule has 2 N–H and O–H groups in total. The van der Waals surface area contributed by atoms with Crippen LogP contribution in [0.25, 0.3) is 0 Å². The molecule has 2 aromatic rings. The molecule has 0 radical (unpaired) electrons. The van der Waals surface area contributed by atoms with Crippen molar-refractivity contribution in [2.24, 2.45) is 5.92 Å². The van der Waals surface area contributed by atoms with E-state index in [9.17, 15) is 9.59 Å². The number of nitrogens with zero attached hydrogens (tertiary/aromatic N) is 1. The highest BCUT2D eigenvalue weighted by Crippen LogP contribution is 2.56. The van der Waals surface area contributed by atoms with Gasteiger partial charge in [0, 0.05) is 22.3 Å². The van der Waals surface area contributed by atoms with Gasteiger partial charge in [0.15, 0.2) is 0 Å². The van der Waals surface area contributed by atoms with Gasteiger partial charge in [-0.2, -0.15) is 0 Å². The number of fused-ring (bicyclic) bond motifs is 4. The zero-order valence-corrected chi connectivity index (χ0v) is 17.8. The van der Waals surface area contributed by atoms with Gasteiger partial charge < -0.3 is 15.4 Å². The molecule has 3 aliphatic heterocycles. The number of para-hydroxylation sites is 1. The van der Waals surface area contributed by atoms with Gasteiger partial charge in [0.05, 0.1) is 18.7 Å². The van der Waals surface area contributed by atoms with Gasteiger partial charge in [0.25, 0.3) is 0 Å². The quantitative estimate of drug-likeness (QED) is 0.781. The number of benzene rings is 2. The van der Waals surface area contributed by atoms with Crippen LogP contribution in [0.4, 0.5) is 11.4 Å². The molecule has 0 saturated carbocycles. The summed E-state index contributed by atoms with van der Waals surface area (Å²) in [6, 6.07) is 11.3. The van der Waals surface area contributed by atoms with Crippen LogP contribution >= 0.6 is 11.6 Å². The number of carbonyl (C=O) groups excluding carboxylic acids is 2. The third-order valence-electron chi connectivity index (χ3n) is 6.85. The van der Waals surface area contributed by atoms with E-state index >= 15 is 0 Å². The largest absolute Gasteiger partial charge is 0.495 e. The van der Waals surface area contributed by atoms with Gasteiger partial charge in [0.1, 0.15) is 11.3 Å². The Balaban J connectivity index is 1.59. The molecule has 3 aliphatic rings. The predicted octanol–water partition coefficient (Wildman–Crippen LogP) is 3.93. The van der Waals surface area contributed by atoms with Crippen molar-refractivity contribution in [3.8, 4) is 5.75 Å². The van der Waals surface area contributed by atoms with E-state index < -0.39 is 11.5 Å². The molecule has 0 bridgehead atoms. The number of amides is 2. The lowest BCUT2D eigenvalue weighted by atomic mass is 9.78. The van der Waals surface area contributed by atoms with Gasteiger partial charge in [-0.25, -0.2) is 0 Å². The first-order valence-electron chi connectivity index (χ1n) is 10.3. The summed E-state index contributed by atoms with van der Waals surface area (Å²) in [7, 11) is 1.55. The van der Waals surface area contributed by atoms with Crippen LogP contribution in [-0.4, -0.2) is 36.4 Å². The number of nitrogens with one attached hydrogen (secondary N) is 2. The number of methoxy groups -OCH3 is 1. The van der Waals surface area contributed by atoms with E-state index in [2.05, 4.69) is 15.5 Å². The standard InChI is InChI=1S/C23H24ClN3O3/c1-13-5-3-7-16-20(13)26-22(29)23(16)17(12-15-6-4-10-27(15)23)21(28)25-18-11-14(24)8-9-19(18)30-2/h3,5,7-9,11,15,17H,4,6,10,12H2,1-2H3,(H,25,28)(H,26,29)/t15-,17+,23-/m1/s1. The number of halogens is 1. The van der Waals surface area contributed by atoms with Gasteiger partial charge in [-0.05, 0) is 56.5 Å². The second-order valence-corrected chi connectivity index (χ2v) is 8.77. The highest BCUT2D eigenvalue weighted by Gasteiger charge is 2.65. The molecule has 2 amide bonds. The normalized spacial score (nSPS) is 27.1. The summed E-state index contributed by atoms with van der Waals surface area (Å²) in [5, 5.41) is 6.59. The molecule has 156 valence electrons. The molecule has 6 nitrogen and oxygen atoms in total. The van der Waals surface area contributed by atoms with Crippen molar-refractivity contribution in [3.63, 3.8) is 0 Å². The third-order valence-corrected chi connectivity index (χ3v) is 7.08. The molecular weight excluding hydrogens is 402 g/mol. The van der Waals surface area contributed by atoms with Crippen LogP contribution < -0.4 is 15.4 Å². The van der Waals surface area contributed by atoms with Crippen LogP contribution in [0, 0.1) is 12.8 Å². The summed E-state index contributed by atoms with van der Waals surface area (Å²) in [6.45, 7) is 2.80. The summed E-state index contributed by atoms with van der Waals surface area (Å²) in [4.78, 5) is 29.4. The number of rotatable bonds is 3. The van der Waals surface area contributed by atoms with Crippen molar-refractivity contribution < 1.29 is 14.3 Å². The molecule has 5 rings (SSSR count). The fourth-order valence-electron chi connectivity index (χ4n) is 5.60. The summed E-state index contributed by atoms with van der Waals surface area (Å²) < 4.78 is 5.39. The Labute approximate surface area is 180 Å². The average molecular weight is 426 g/mol. The summed E-state index contributed by atoms with van der Waals surface area (Å²) >= 11 is 6.14. The first-order chi connectivity index (χ1) is 14.5. The molecule has 2 aromatic carbocycles. The third kappa shape index (κ3) is 2.60. The van der Waals surface area contributed by atoms with E-state index in [0.717, 1.165) is 36.2 Å². The van der Waals surface area contributed by atoms with E-state index in [0.29, 0.717) is 22.9 Å². The van der Waals surface area contributed by atoms with E-state index in [1.165, 1.54) is 0 Å². The second kappa shape index (κ2) is 7.00. The first-order valence-corrected chi connectivity index (χ1v) is 10.7. The number of anilines is 2. The zero-order chi connectivity index (χ0) is 21.0. The van der Waals surface area contributed by atoms with Crippen molar-refractivity contribution in [3.05, 3.63) is 52.5 Å². The maximum Gasteiger partial charge on any atom is 0.250 e. The van der Waals surface area contributed by atoms with Gasteiger partial charge in [0.2, 0.25) is 11.8 Å². The van der Waals surface area contributed by atoms with Crippen LogP contribution in [0.15, 0.2) is 36.4 Å². The molecule has 30 heavy (non-hydrogen) atoms. The predicted molar refractivity (Wildman–Crippen MR) is 116 cm³/mol. The molecule has 2 saturated heterocycles. The monoisotopic (exact) mass is 425 g/mol. The smallest absolute Gasteiger partial charge is 0.250 e. The molecular formula is C23H24ClN3O3. The average Bonchev–Trinajstić information content (AvgIpc) is 3.38. The van der Waals surface area contributed by atoms with Crippen molar-refractivity contribution in [2.45, 2.75) is 37.8 Å². The lowest BCUT2D eigenvalue weighted by molar-refractivity contribution is -0.135. The van der Waals surface area contributed by atoms with Crippen molar-refractivity contribution in [1.82, 2.24) is 4.90 Å². The van der Waals surface area contributed by atoms with Crippen molar-refractivity contribution in [1.29, 1.82) is 0 Å². The molecule has 7 heteroatoms. The van der Waals surface area contributed by atoms with Crippen molar-refractivity contribution >= 4 is 34.8 Å². The van der Waals surface area contributed by atoms with E-state index in [-0.39, 0.29) is 17.9 Å². The van der Waals surface area contributed by atoms with Gasteiger partial charge in [-0.1, -0.05) is 29.8 Å². The van der Waals surface area contributed by atoms with Gasteiger partial charge >= 0.3 is 0 Å². The van der Waals surface area contributed by atoms with Crippen LogP contribution in [0.1, 0.15) is 30.4 Å². The fourth-order valence-corrected chi connectivity index (χ4v) is 5.77. The number of hydrogen-bond acceptors (Lipinski definition) is 4. The van der Waals surface area contributed by atoms with Gasteiger partial charge in [-0.15, -0.1) is 0 Å². The summed E-state index contributed by atoms with van der Waals surface area (Å²) in [6.07, 6.45) is 2.69. The molecule has 0 aromatic heterocycles. The van der Waals surface area contributed by atoms with E-state index in [1.807, 2.05) is 25.1 Å². The Morgan fingerprint density at radius 1 is 1.33 bits per heavy atom. The molecule has 0 unspecified atom stereocenters. The first kappa shape index (κ1) is 19.4. The van der Waals surface area contributed by atoms with Crippen LogP contribution in [0.2, 0.25) is 5.02 Å². The van der Waals surface area contributed by atoms with Crippen LogP contribution in [0.3, 0.4) is 0 Å². The van der Waals surface area contributed by atoms with E-state index in [1.54, 1.807) is 25.3 Å². The second-order valence-electron chi connectivity index (χ2n) is 8.33. The maximum atomic E-state index is 13.6. The zero-order valence-electron chi connectivity index (χ0n) is 17.0. The number of aryl methyl sites for hydroxylation is 1. The van der Waals surface area contributed by atoms with Crippen LogP contribution in [0.5, 0.6) is 5.75 Å². The number of ether oxygens (including phenoxy) is 1. The Hall–Kier alpha value is -2.57. The lowest BCUT2D eigenvalue weighted by Gasteiger charge is -2.36. The minimum absolute atomic E-state index is 0.102. The Morgan fingerprint density at radius 3 is 2.97 bits per heavy atom. The topological polar surface area (TPSA) is 70.7 Å². The SMILES string of the molecule is COc1ccc(Cl)cc1NC(=O)[C@@H]1C[C@H]2CCCN2[C@@]12C(=O)Nc1c(C)cccc12. The molecule has 1 spiro atoms. The highest BCUT2D eigenvalue weighted by molar-refractivity contribution is 6.31. The fraction of sp³-hybridized carbons (Fsp3) is 0.391. The Kier molecular flexibility index (Phi) is 4.52. The maximum absolute atomic E-state index is 13.6. The molecule has 3 heterocycles. The van der Waals surface area contributed by atoms with Gasteiger partial charge in [-0.3, -0.25) is 14.5 Å². The Morgan fingerprint density at radius 2 is 2.17 bits per heavy atom. The summed E-state index contributed by atoms with van der Waals surface area (Å²) in [5.74, 6) is -0.258. The van der Waals surface area contributed by atoms with Crippen LogP contribution in [-0.2, 0) is 15.1 Å². The summed E-state index contributed by atoms with van der Waals surface area (Å²) in [5.41, 5.74) is 2.30. The number of hydrogen-bond donors (Lipinski definition) is 2. The number of carbonyl (C=O) groups is 2. The van der Waals surface area contributed by atoms with Crippen molar-refractivity contribution in [2.75, 3.05) is 24.3 Å². The minimum Gasteiger partial charge on any atom is -0.495 e. The molecule has 3 atom stereocenters. The highest BCUT2D eigenvalue weighted by atomic mass is 35.5. The van der Waals surface area contributed by atoms with E-state index in [4.69, 9.17) is 16.3 Å². The minimum atomic E-state index is -0.974. The lowest BCUT2D eigenvalue weighted by Crippen LogP contribution is -2.53.